The highest BCUT2D eigenvalue weighted by Gasteiger charge is 2.36. The van der Waals surface area contributed by atoms with Crippen LogP contribution in [0.1, 0.15) is 30.7 Å². The van der Waals surface area contributed by atoms with E-state index in [1.54, 1.807) is 6.92 Å². The highest BCUT2D eigenvalue weighted by molar-refractivity contribution is 7.99. The molecule has 0 amide bonds. The number of hydrogen-bond donors (Lipinski definition) is 1. The minimum Gasteiger partial charge on any atom is -0.481 e. The SMILES string of the molecule is Cc1nc(C2(C)CCSC2)oc1CC(=O)O. The summed E-state index contributed by atoms with van der Waals surface area (Å²) in [5, 5.41) is 8.74. The van der Waals surface area contributed by atoms with Crippen molar-refractivity contribution in [3.63, 3.8) is 0 Å². The van der Waals surface area contributed by atoms with Gasteiger partial charge in [-0.05, 0) is 19.1 Å². The van der Waals surface area contributed by atoms with Crippen LogP contribution >= 0.6 is 11.8 Å². The summed E-state index contributed by atoms with van der Waals surface area (Å²) >= 11 is 1.89. The molecule has 0 radical (unpaired) electrons. The molecule has 1 N–H and O–H groups in total. The molecule has 4 nitrogen and oxygen atoms in total. The Balaban J connectivity index is 2.26. The predicted molar refractivity (Wildman–Crippen MR) is 61.9 cm³/mol. The third-order valence-corrected chi connectivity index (χ3v) is 4.27. The zero-order valence-corrected chi connectivity index (χ0v) is 10.3. The van der Waals surface area contributed by atoms with Crippen molar-refractivity contribution in [2.24, 2.45) is 0 Å². The van der Waals surface area contributed by atoms with Crippen molar-refractivity contribution in [1.82, 2.24) is 4.98 Å². The van der Waals surface area contributed by atoms with Crippen molar-refractivity contribution in [1.29, 1.82) is 0 Å². The van der Waals surface area contributed by atoms with Gasteiger partial charge in [0.15, 0.2) is 0 Å². The second kappa shape index (κ2) is 4.13. The number of carbonyl (C=O) groups is 1. The van der Waals surface area contributed by atoms with Gasteiger partial charge in [-0.15, -0.1) is 0 Å². The quantitative estimate of drug-likeness (QED) is 0.877. The molecule has 2 heterocycles. The van der Waals surface area contributed by atoms with Crippen molar-refractivity contribution in [3.8, 4) is 0 Å². The van der Waals surface area contributed by atoms with E-state index in [4.69, 9.17) is 9.52 Å². The molecule has 1 aliphatic heterocycles. The van der Waals surface area contributed by atoms with E-state index in [9.17, 15) is 4.79 Å². The standard InChI is InChI=1S/C11H15NO3S/c1-7-8(5-9(13)14)15-10(12-7)11(2)3-4-16-6-11/h3-6H2,1-2H3,(H,13,14). The Hall–Kier alpha value is -0.970. The largest absolute Gasteiger partial charge is 0.481 e. The van der Waals surface area contributed by atoms with Gasteiger partial charge in [0.05, 0.1) is 11.1 Å². The summed E-state index contributed by atoms with van der Waals surface area (Å²) in [6, 6.07) is 0. The van der Waals surface area contributed by atoms with Crippen LogP contribution in [0.5, 0.6) is 0 Å². The molecule has 1 saturated heterocycles. The Morgan fingerprint density at radius 2 is 2.44 bits per heavy atom. The van der Waals surface area contributed by atoms with E-state index in [0.717, 1.165) is 17.9 Å². The van der Waals surface area contributed by atoms with Crippen LogP contribution in [-0.4, -0.2) is 27.6 Å². The molecule has 0 aliphatic carbocycles. The molecule has 1 aromatic rings. The van der Waals surface area contributed by atoms with Crippen molar-refractivity contribution in [2.75, 3.05) is 11.5 Å². The van der Waals surface area contributed by atoms with Crippen LogP contribution in [0.3, 0.4) is 0 Å². The molecule has 0 spiro atoms. The zero-order chi connectivity index (χ0) is 11.8. The molecular weight excluding hydrogens is 226 g/mol. The number of hydrogen-bond acceptors (Lipinski definition) is 4. The van der Waals surface area contributed by atoms with Gasteiger partial charge in [0.25, 0.3) is 0 Å². The fourth-order valence-corrected chi connectivity index (χ4v) is 3.28. The van der Waals surface area contributed by atoms with E-state index in [2.05, 4.69) is 11.9 Å². The lowest BCUT2D eigenvalue weighted by Crippen LogP contribution is -2.21. The first-order chi connectivity index (χ1) is 7.51. The summed E-state index contributed by atoms with van der Waals surface area (Å²) in [6.45, 7) is 3.93. The number of thioether (sulfide) groups is 1. The molecule has 0 saturated carbocycles. The molecule has 1 unspecified atom stereocenters. The van der Waals surface area contributed by atoms with E-state index in [1.165, 1.54) is 0 Å². The Morgan fingerprint density at radius 3 is 3.00 bits per heavy atom. The van der Waals surface area contributed by atoms with Crippen LogP contribution in [0.25, 0.3) is 0 Å². The summed E-state index contributed by atoms with van der Waals surface area (Å²) in [5.41, 5.74) is 0.683. The Morgan fingerprint density at radius 1 is 1.69 bits per heavy atom. The average molecular weight is 241 g/mol. The fourth-order valence-electron chi connectivity index (χ4n) is 1.82. The molecule has 5 heteroatoms. The first-order valence-corrected chi connectivity index (χ1v) is 6.43. The van der Waals surface area contributed by atoms with Gasteiger partial charge in [0.1, 0.15) is 12.2 Å². The fraction of sp³-hybridized carbons (Fsp3) is 0.636. The van der Waals surface area contributed by atoms with Gasteiger partial charge in [-0.1, -0.05) is 6.92 Å². The van der Waals surface area contributed by atoms with Crippen LogP contribution in [0.4, 0.5) is 0 Å². The Labute approximate surface area is 98.4 Å². The van der Waals surface area contributed by atoms with Crippen LogP contribution < -0.4 is 0 Å². The van der Waals surface area contributed by atoms with Crippen LogP contribution in [0, 0.1) is 6.92 Å². The topological polar surface area (TPSA) is 63.3 Å². The van der Waals surface area contributed by atoms with Crippen molar-refractivity contribution in [3.05, 3.63) is 17.3 Å². The third kappa shape index (κ3) is 2.09. The second-order valence-corrected chi connectivity index (χ2v) is 5.57. The van der Waals surface area contributed by atoms with Gasteiger partial charge < -0.3 is 9.52 Å². The smallest absolute Gasteiger partial charge is 0.311 e. The number of aryl methyl sites for hydroxylation is 1. The summed E-state index contributed by atoms with van der Waals surface area (Å²) in [6.07, 6.45) is 0.964. The van der Waals surface area contributed by atoms with E-state index >= 15 is 0 Å². The van der Waals surface area contributed by atoms with Crippen LogP contribution in [-0.2, 0) is 16.6 Å². The maximum atomic E-state index is 10.6. The Kier molecular flexibility index (Phi) is 2.97. The molecule has 0 aromatic carbocycles. The number of aromatic nitrogens is 1. The highest BCUT2D eigenvalue weighted by atomic mass is 32.2. The number of carboxylic acid groups (broad SMARTS) is 1. The van der Waals surface area contributed by atoms with Gasteiger partial charge in [0.2, 0.25) is 5.89 Å². The van der Waals surface area contributed by atoms with Gasteiger partial charge in [-0.25, -0.2) is 4.98 Å². The van der Waals surface area contributed by atoms with Crippen molar-refractivity contribution >= 4 is 17.7 Å². The summed E-state index contributed by atoms with van der Waals surface area (Å²) in [7, 11) is 0. The van der Waals surface area contributed by atoms with Gasteiger partial charge in [-0.2, -0.15) is 11.8 Å². The summed E-state index contributed by atoms with van der Waals surface area (Å²) in [5.74, 6) is 2.43. The predicted octanol–water partition coefficient (Wildman–Crippen LogP) is 2.00. The molecule has 1 atom stereocenters. The average Bonchev–Trinajstić information content (AvgIpc) is 2.75. The number of nitrogens with zero attached hydrogens (tertiary/aromatic N) is 1. The lowest BCUT2D eigenvalue weighted by Gasteiger charge is -2.17. The summed E-state index contributed by atoms with van der Waals surface area (Å²) in [4.78, 5) is 15.0. The lowest BCUT2D eigenvalue weighted by atomic mass is 9.90. The summed E-state index contributed by atoms with van der Waals surface area (Å²) < 4.78 is 5.61. The van der Waals surface area contributed by atoms with Gasteiger partial charge >= 0.3 is 5.97 Å². The van der Waals surface area contributed by atoms with E-state index in [-0.39, 0.29) is 11.8 Å². The maximum Gasteiger partial charge on any atom is 0.311 e. The Bertz CT molecular complexity index is 407. The maximum absolute atomic E-state index is 10.6. The van der Waals surface area contributed by atoms with Gasteiger partial charge in [0, 0.05) is 5.75 Å². The zero-order valence-electron chi connectivity index (χ0n) is 9.45. The number of aliphatic carboxylic acids is 1. The number of carboxylic acids is 1. The molecule has 1 fully saturated rings. The minimum absolute atomic E-state index is 0.0216. The molecule has 1 aromatic heterocycles. The van der Waals surface area contributed by atoms with Crippen LogP contribution in [0.2, 0.25) is 0 Å². The first-order valence-electron chi connectivity index (χ1n) is 5.27. The molecule has 2 rings (SSSR count). The monoisotopic (exact) mass is 241 g/mol. The second-order valence-electron chi connectivity index (χ2n) is 4.46. The normalized spacial score (nSPS) is 24.9. The molecule has 1 aliphatic rings. The molecule has 88 valence electrons. The molecule has 16 heavy (non-hydrogen) atoms. The minimum atomic E-state index is -0.878. The van der Waals surface area contributed by atoms with E-state index < -0.39 is 5.97 Å². The molecule has 0 bridgehead atoms. The van der Waals surface area contributed by atoms with E-state index in [1.807, 2.05) is 11.8 Å². The number of oxazole rings is 1. The first kappa shape index (κ1) is 11.5. The third-order valence-electron chi connectivity index (χ3n) is 2.94. The van der Waals surface area contributed by atoms with Crippen molar-refractivity contribution in [2.45, 2.75) is 32.1 Å². The van der Waals surface area contributed by atoms with Crippen molar-refractivity contribution < 1.29 is 14.3 Å². The van der Waals surface area contributed by atoms with E-state index in [0.29, 0.717) is 17.3 Å². The lowest BCUT2D eigenvalue weighted by molar-refractivity contribution is -0.136. The molecular formula is C11H15NO3S. The van der Waals surface area contributed by atoms with Crippen LogP contribution in [0.15, 0.2) is 4.42 Å². The van der Waals surface area contributed by atoms with Gasteiger partial charge in [-0.3, -0.25) is 4.79 Å². The number of rotatable bonds is 3. The highest BCUT2D eigenvalue weighted by Crippen LogP contribution is 2.38.